The van der Waals surface area contributed by atoms with Gasteiger partial charge in [0.25, 0.3) is 5.56 Å². The van der Waals surface area contributed by atoms with Gasteiger partial charge >= 0.3 is 5.97 Å². The van der Waals surface area contributed by atoms with E-state index in [4.69, 9.17) is 9.84 Å². The van der Waals surface area contributed by atoms with Crippen LogP contribution in [0.4, 0.5) is 0 Å². The summed E-state index contributed by atoms with van der Waals surface area (Å²) in [6.45, 7) is 2.06. The van der Waals surface area contributed by atoms with Gasteiger partial charge in [0.05, 0.1) is 12.3 Å². The van der Waals surface area contributed by atoms with Crippen molar-refractivity contribution in [2.45, 2.75) is 26.4 Å². The number of nitrogens with one attached hydrogen (secondary N) is 1. The number of fused-ring (bicyclic) bond motifs is 1. The van der Waals surface area contributed by atoms with Crippen LogP contribution in [0, 0.1) is 6.92 Å². The van der Waals surface area contributed by atoms with Crippen molar-refractivity contribution in [3.8, 4) is 0 Å². The first-order valence-electron chi connectivity index (χ1n) is 5.83. The molecule has 0 aliphatic rings. The van der Waals surface area contributed by atoms with Gasteiger partial charge in [0.1, 0.15) is 0 Å². The van der Waals surface area contributed by atoms with Gasteiger partial charge in [-0.1, -0.05) is 0 Å². The van der Waals surface area contributed by atoms with E-state index < -0.39 is 5.97 Å². The van der Waals surface area contributed by atoms with Crippen molar-refractivity contribution < 1.29 is 14.6 Å². The van der Waals surface area contributed by atoms with Crippen molar-refractivity contribution in [1.82, 2.24) is 14.6 Å². The van der Waals surface area contributed by atoms with Crippen LogP contribution in [0.25, 0.3) is 5.65 Å². The van der Waals surface area contributed by atoms with Gasteiger partial charge in [-0.15, -0.1) is 0 Å². The maximum Gasteiger partial charge on any atom is 0.303 e. The van der Waals surface area contributed by atoms with E-state index in [0.29, 0.717) is 23.5 Å². The van der Waals surface area contributed by atoms with Gasteiger partial charge in [-0.25, -0.2) is 9.50 Å². The van der Waals surface area contributed by atoms with Crippen LogP contribution in [-0.2, 0) is 22.6 Å². The molecule has 7 nitrogen and oxygen atoms in total. The van der Waals surface area contributed by atoms with Gasteiger partial charge in [-0.05, 0) is 13.3 Å². The summed E-state index contributed by atoms with van der Waals surface area (Å²) in [4.78, 5) is 27.1. The molecule has 0 spiro atoms. The molecule has 0 bridgehead atoms. The van der Waals surface area contributed by atoms with Crippen LogP contribution >= 0.6 is 0 Å². The first kappa shape index (κ1) is 13.3. The van der Waals surface area contributed by atoms with Crippen molar-refractivity contribution in [2.24, 2.45) is 0 Å². The number of carboxylic acid groups (broad SMARTS) is 1. The summed E-state index contributed by atoms with van der Waals surface area (Å²) in [5.74, 6) is -0.935. The van der Waals surface area contributed by atoms with Crippen molar-refractivity contribution in [3.05, 3.63) is 33.4 Å². The maximum atomic E-state index is 12.2. The number of rotatable bonds is 5. The van der Waals surface area contributed by atoms with E-state index in [1.165, 1.54) is 4.52 Å². The zero-order chi connectivity index (χ0) is 14.0. The minimum Gasteiger partial charge on any atom is -0.481 e. The third-order valence-corrected chi connectivity index (χ3v) is 2.86. The number of carboxylic acids is 1. The average Bonchev–Trinajstić information content (AvgIpc) is 2.71. The molecule has 19 heavy (non-hydrogen) atoms. The second kappa shape index (κ2) is 5.23. The van der Waals surface area contributed by atoms with Gasteiger partial charge in [0.15, 0.2) is 5.65 Å². The van der Waals surface area contributed by atoms with Gasteiger partial charge < -0.3 is 9.84 Å². The van der Waals surface area contributed by atoms with Crippen LogP contribution in [0.1, 0.15) is 23.4 Å². The summed E-state index contributed by atoms with van der Waals surface area (Å²) in [5, 5.41) is 11.6. The Morgan fingerprint density at radius 1 is 1.58 bits per heavy atom. The molecule has 0 saturated carbocycles. The first-order chi connectivity index (χ1) is 9.02. The quantitative estimate of drug-likeness (QED) is 0.820. The summed E-state index contributed by atoms with van der Waals surface area (Å²) >= 11 is 0. The van der Waals surface area contributed by atoms with Crippen LogP contribution < -0.4 is 5.56 Å². The monoisotopic (exact) mass is 265 g/mol. The minimum atomic E-state index is -0.935. The van der Waals surface area contributed by atoms with Crippen molar-refractivity contribution in [3.63, 3.8) is 0 Å². The first-order valence-corrected chi connectivity index (χ1v) is 5.83. The van der Waals surface area contributed by atoms with E-state index in [9.17, 15) is 9.59 Å². The van der Waals surface area contributed by atoms with E-state index >= 15 is 0 Å². The van der Waals surface area contributed by atoms with Crippen LogP contribution in [0.15, 0.2) is 10.9 Å². The molecule has 2 heterocycles. The van der Waals surface area contributed by atoms with Crippen LogP contribution in [0.5, 0.6) is 0 Å². The normalized spacial score (nSPS) is 11.1. The fraction of sp³-hybridized carbons (Fsp3) is 0.417. The molecule has 0 aliphatic carbocycles. The van der Waals surface area contributed by atoms with Crippen molar-refractivity contribution in [2.75, 3.05) is 7.11 Å². The zero-order valence-corrected chi connectivity index (χ0v) is 10.8. The number of nitrogens with zero attached hydrogens (tertiary/aromatic N) is 2. The molecule has 7 heteroatoms. The Morgan fingerprint density at radius 3 is 2.95 bits per heavy atom. The summed E-state index contributed by atoms with van der Waals surface area (Å²) < 4.78 is 6.30. The third-order valence-electron chi connectivity index (χ3n) is 2.86. The Morgan fingerprint density at radius 2 is 2.32 bits per heavy atom. The Balaban J connectivity index is 2.48. The largest absolute Gasteiger partial charge is 0.481 e. The molecule has 0 radical (unpaired) electrons. The predicted octanol–water partition coefficient (Wildman–Crippen LogP) is 0.495. The lowest BCUT2D eigenvalue weighted by molar-refractivity contribution is -0.136. The number of hydrogen-bond acceptors (Lipinski definition) is 4. The van der Waals surface area contributed by atoms with E-state index in [1.54, 1.807) is 20.1 Å². The van der Waals surface area contributed by atoms with E-state index in [1.807, 2.05) is 0 Å². The summed E-state index contributed by atoms with van der Waals surface area (Å²) in [5.41, 5.74) is 1.97. The van der Waals surface area contributed by atoms with Gasteiger partial charge in [-0.2, -0.15) is 0 Å². The zero-order valence-electron chi connectivity index (χ0n) is 10.8. The second-order valence-electron chi connectivity index (χ2n) is 4.28. The molecular weight excluding hydrogens is 250 g/mol. The summed E-state index contributed by atoms with van der Waals surface area (Å²) in [6, 6.07) is 1.73. The molecule has 102 valence electrons. The standard InChI is InChI=1S/C12H15N3O4/c1-7-9(3-4-11(16)17)12(18)15-10(13-7)5-8(14-15)6-19-2/h5,14H,3-4,6H2,1-2H3,(H,16,17). The summed E-state index contributed by atoms with van der Waals surface area (Å²) in [6.07, 6.45) is 0.0873. The van der Waals surface area contributed by atoms with Gasteiger partial charge in [0.2, 0.25) is 0 Å². The highest BCUT2D eigenvalue weighted by atomic mass is 16.5. The topological polar surface area (TPSA) is 96.7 Å². The Labute approximate surface area is 108 Å². The third kappa shape index (κ3) is 2.65. The number of aromatic nitrogens is 3. The molecule has 2 N–H and O–H groups in total. The fourth-order valence-corrected chi connectivity index (χ4v) is 1.97. The van der Waals surface area contributed by atoms with Gasteiger partial charge in [-0.3, -0.25) is 14.7 Å². The smallest absolute Gasteiger partial charge is 0.303 e. The molecule has 2 aromatic rings. The summed E-state index contributed by atoms with van der Waals surface area (Å²) in [7, 11) is 1.56. The van der Waals surface area contributed by atoms with Crippen molar-refractivity contribution >= 4 is 11.6 Å². The predicted molar refractivity (Wildman–Crippen MR) is 67.2 cm³/mol. The lowest BCUT2D eigenvalue weighted by Gasteiger charge is -2.03. The number of aromatic amines is 1. The number of H-pyrrole nitrogens is 1. The number of methoxy groups -OCH3 is 1. The van der Waals surface area contributed by atoms with E-state index in [2.05, 4.69) is 10.1 Å². The lowest BCUT2D eigenvalue weighted by Crippen LogP contribution is -2.22. The Hall–Kier alpha value is -2.15. The van der Waals surface area contributed by atoms with Crippen LogP contribution in [0.3, 0.4) is 0 Å². The highest BCUT2D eigenvalue weighted by Gasteiger charge is 2.13. The molecule has 0 aliphatic heterocycles. The van der Waals surface area contributed by atoms with E-state index in [-0.39, 0.29) is 18.4 Å². The highest BCUT2D eigenvalue weighted by Crippen LogP contribution is 2.08. The molecule has 0 unspecified atom stereocenters. The van der Waals surface area contributed by atoms with Gasteiger partial charge in [0, 0.05) is 30.9 Å². The molecule has 0 saturated heterocycles. The van der Waals surface area contributed by atoms with Crippen molar-refractivity contribution in [1.29, 1.82) is 0 Å². The molecule has 2 aromatic heterocycles. The fourth-order valence-electron chi connectivity index (χ4n) is 1.97. The molecule has 0 fully saturated rings. The Kier molecular flexibility index (Phi) is 3.66. The lowest BCUT2D eigenvalue weighted by atomic mass is 10.1. The molecular formula is C12H15N3O4. The average molecular weight is 265 g/mol. The number of hydrogen-bond donors (Lipinski definition) is 2. The molecule has 0 amide bonds. The Bertz CT molecular complexity index is 671. The number of carbonyl (C=O) groups is 1. The SMILES string of the molecule is COCc1cc2nc(C)c(CCC(=O)O)c(=O)n2[nH]1. The number of ether oxygens (including phenoxy) is 1. The number of aryl methyl sites for hydroxylation is 1. The maximum absolute atomic E-state index is 12.2. The van der Waals surface area contributed by atoms with Crippen LogP contribution in [0.2, 0.25) is 0 Å². The molecule has 0 aromatic carbocycles. The van der Waals surface area contributed by atoms with E-state index in [0.717, 1.165) is 5.69 Å². The minimum absolute atomic E-state index is 0.0878. The molecule has 0 atom stereocenters. The number of aliphatic carboxylic acids is 1. The highest BCUT2D eigenvalue weighted by molar-refractivity contribution is 5.67. The molecule has 2 rings (SSSR count). The second-order valence-corrected chi connectivity index (χ2v) is 4.28. The van der Waals surface area contributed by atoms with Crippen LogP contribution in [-0.4, -0.2) is 32.8 Å².